The van der Waals surface area contributed by atoms with E-state index in [1.54, 1.807) is 12.1 Å². The van der Waals surface area contributed by atoms with E-state index >= 15 is 0 Å². The van der Waals surface area contributed by atoms with Crippen molar-refractivity contribution >= 4 is 28.5 Å². The number of carbonyl (C=O) groups is 1. The number of hydrogen-bond acceptors (Lipinski definition) is 4. The predicted octanol–water partition coefficient (Wildman–Crippen LogP) is 1.65. The summed E-state index contributed by atoms with van der Waals surface area (Å²) in [7, 11) is 2.92. The van der Waals surface area contributed by atoms with Gasteiger partial charge in [-0.2, -0.15) is 0 Å². The average molecular weight is 387 g/mol. The molecule has 0 aliphatic carbocycles. The van der Waals surface area contributed by atoms with Crippen LogP contribution in [-0.2, 0) is 20.5 Å². The van der Waals surface area contributed by atoms with Gasteiger partial charge in [-0.3, -0.25) is 18.7 Å². The van der Waals surface area contributed by atoms with Crippen molar-refractivity contribution in [2.75, 3.05) is 0 Å². The number of pyridine rings is 1. The van der Waals surface area contributed by atoms with E-state index in [1.807, 2.05) is 19.1 Å². The second-order valence-electron chi connectivity index (χ2n) is 6.48. The second kappa shape index (κ2) is 7.36. The third-order valence-corrected chi connectivity index (χ3v) is 4.62. The molecule has 27 heavy (non-hydrogen) atoms. The van der Waals surface area contributed by atoms with Crippen molar-refractivity contribution < 1.29 is 4.79 Å². The van der Waals surface area contributed by atoms with Crippen molar-refractivity contribution in [2.24, 2.45) is 14.1 Å². The molecule has 0 bridgehead atoms. The van der Waals surface area contributed by atoms with E-state index in [1.165, 1.54) is 30.8 Å². The summed E-state index contributed by atoms with van der Waals surface area (Å²) >= 11 is 5.88. The summed E-state index contributed by atoms with van der Waals surface area (Å²) < 4.78 is 2.27. The molecule has 1 unspecified atom stereocenters. The molecule has 2 aromatic heterocycles. The van der Waals surface area contributed by atoms with Crippen LogP contribution in [0, 0.1) is 0 Å². The number of benzene rings is 1. The summed E-state index contributed by atoms with van der Waals surface area (Å²) in [5.74, 6) is -0.369. The van der Waals surface area contributed by atoms with Crippen molar-refractivity contribution in [3.05, 3.63) is 73.5 Å². The molecule has 7 nitrogen and oxygen atoms in total. The van der Waals surface area contributed by atoms with Crippen molar-refractivity contribution in [2.45, 2.75) is 19.4 Å². The number of aromatic nitrogens is 3. The Balaban J connectivity index is 1.84. The normalized spacial score (nSPS) is 12.1. The molecular weight excluding hydrogens is 368 g/mol. The zero-order valence-electron chi connectivity index (χ0n) is 15.2. The first kappa shape index (κ1) is 18.8. The molecule has 2 heterocycles. The Hall–Kier alpha value is -2.93. The number of amides is 1. The van der Waals surface area contributed by atoms with Crippen LogP contribution in [0.1, 0.15) is 23.0 Å². The largest absolute Gasteiger partial charge is 0.348 e. The molecule has 0 spiro atoms. The molecule has 1 amide bonds. The van der Waals surface area contributed by atoms with Gasteiger partial charge in [0, 0.05) is 25.2 Å². The van der Waals surface area contributed by atoms with E-state index < -0.39 is 11.2 Å². The Morgan fingerprint density at radius 3 is 2.44 bits per heavy atom. The van der Waals surface area contributed by atoms with Gasteiger partial charge in [0.05, 0.1) is 5.39 Å². The monoisotopic (exact) mass is 386 g/mol. The fraction of sp³-hybridized carbons (Fsp3) is 0.263. The topological polar surface area (TPSA) is 86.0 Å². The molecule has 0 aliphatic rings. The molecule has 1 aromatic carbocycles. The van der Waals surface area contributed by atoms with Crippen LogP contribution in [0.5, 0.6) is 0 Å². The summed E-state index contributed by atoms with van der Waals surface area (Å²) in [4.78, 5) is 41.0. The summed E-state index contributed by atoms with van der Waals surface area (Å²) in [6, 6.07) is 10.3. The highest BCUT2D eigenvalue weighted by atomic mass is 35.5. The fourth-order valence-corrected chi connectivity index (χ4v) is 3.03. The Bertz CT molecular complexity index is 1130. The maximum atomic E-state index is 12.5. The predicted molar refractivity (Wildman–Crippen MR) is 104 cm³/mol. The van der Waals surface area contributed by atoms with Gasteiger partial charge in [-0.1, -0.05) is 23.7 Å². The van der Waals surface area contributed by atoms with E-state index in [0.29, 0.717) is 11.4 Å². The lowest BCUT2D eigenvalue weighted by molar-refractivity contribution is 0.0935. The number of hydrogen-bond donors (Lipinski definition) is 1. The maximum Gasteiger partial charge on any atom is 0.332 e. The van der Waals surface area contributed by atoms with Crippen molar-refractivity contribution in [3.8, 4) is 0 Å². The molecule has 0 aliphatic heterocycles. The third-order valence-electron chi connectivity index (χ3n) is 4.37. The van der Waals surface area contributed by atoms with Crippen LogP contribution < -0.4 is 16.6 Å². The van der Waals surface area contributed by atoms with Crippen LogP contribution in [0.15, 0.2) is 46.0 Å². The van der Waals surface area contributed by atoms with Crippen LogP contribution in [0.25, 0.3) is 11.0 Å². The summed E-state index contributed by atoms with van der Waals surface area (Å²) in [6.45, 7) is 1.89. The highest BCUT2D eigenvalue weighted by Crippen LogP contribution is 2.11. The Morgan fingerprint density at radius 2 is 1.78 bits per heavy atom. The van der Waals surface area contributed by atoms with E-state index in [0.717, 1.165) is 10.1 Å². The lowest BCUT2D eigenvalue weighted by Gasteiger charge is -2.14. The van der Waals surface area contributed by atoms with Crippen LogP contribution in [0.4, 0.5) is 0 Å². The quantitative estimate of drug-likeness (QED) is 0.738. The van der Waals surface area contributed by atoms with E-state index in [2.05, 4.69) is 10.3 Å². The molecule has 0 fully saturated rings. The molecular formula is C19H19ClN4O3. The van der Waals surface area contributed by atoms with E-state index in [4.69, 9.17) is 11.6 Å². The molecule has 0 saturated heterocycles. The number of nitrogens with zero attached hydrogens (tertiary/aromatic N) is 3. The number of carbonyl (C=O) groups excluding carboxylic acids is 1. The minimum atomic E-state index is -0.492. The van der Waals surface area contributed by atoms with Gasteiger partial charge in [0.15, 0.2) is 0 Å². The van der Waals surface area contributed by atoms with Gasteiger partial charge in [0.25, 0.3) is 11.5 Å². The first-order chi connectivity index (χ1) is 12.8. The number of rotatable bonds is 4. The van der Waals surface area contributed by atoms with Crippen LogP contribution in [0.3, 0.4) is 0 Å². The molecule has 1 atom stereocenters. The summed E-state index contributed by atoms with van der Waals surface area (Å²) in [6.07, 6.45) is 0.634. The van der Waals surface area contributed by atoms with Crippen LogP contribution in [-0.4, -0.2) is 26.1 Å². The lowest BCUT2D eigenvalue weighted by atomic mass is 10.1. The fourth-order valence-electron chi connectivity index (χ4n) is 2.90. The zero-order valence-corrected chi connectivity index (χ0v) is 15.9. The van der Waals surface area contributed by atoms with Crippen molar-refractivity contribution in [3.63, 3.8) is 0 Å². The van der Waals surface area contributed by atoms with Gasteiger partial charge >= 0.3 is 5.69 Å². The van der Waals surface area contributed by atoms with E-state index in [-0.39, 0.29) is 28.7 Å². The molecule has 140 valence electrons. The minimum absolute atomic E-state index is 0.136. The Labute approximate surface area is 160 Å². The minimum Gasteiger partial charge on any atom is -0.348 e. The molecule has 1 N–H and O–H groups in total. The van der Waals surface area contributed by atoms with Gasteiger partial charge in [-0.05, 0) is 43.2 Å². The van der Waals surface area contributed by atoms with Crippen LogP contribution >= 0.6 is 11.6 Å². The van der Waals surface area contributed by atoms with Crippen LogP contribution in [0.2, 0.25) is 5.02 Å². The van der Waals surface area contributed by atoms with Gasteiger partial charge in [0.2, 0.25) is 0 Å². The maximum absolute atomic E-state index is 12.5. The van der Waals surface area contributed by atoms with Gasteiger partial charge in [-0.15, -0.1) is 0 Å². The molecule has 0 radical (unpaired) electrons. The standard InChI is InChI=1S/C19H19ClN4O3/c1-11(10-12-4-6-13(20)7-5-12)21-17(25)15-9-8-14-16(22-15)23(2)19(27)24(3)18(14)26/h4-9,11H,10H2,1-3H3,(H,21,25). The molecule has 3 rings (SSSR count). The second-order valence-corrected chi connectivity index (χ2v) is 6.91. The molecule has 3 aromatic rings. The number of aryl methyl sites for hydroxylation is 1. The van der Waals surface area contributed by atoms with Gasteiger partial charge in [-0.25, -0.2) is 9.78 Å². The Morgan fingerprint density at radius 1 is 1.11 bits per heavy atom. The van der Waals surface area contributed by atoms with Crippen molar-refractivity contribution in [1.29, 1.82) is 0 Å². The number of nitrogens with one attached hydrogen (secondary N) is 1. The van der Waals surface area contributed by atoms with Crippen molar-refractivity contribution in [1.82, 2.24) is 19.4 Å². The van der Waals surface area contributed by atoms with E-state index in [9.17, 15) is 14.4 Å². The number of fused-ring (bicyclic) bond motifs is 1. The average Bonchev–Trinajstić information content (AvgIpc) is 2.66. The highest BCUT2D eigenvalue weighted by molar-refractivity contribution is 6.30. The zero-order chi connectivity index (χ0) is 19.7. The lowest BCUT2D eigenvalue weighted by Crippen LogP contribution is -2.38. The first-order valence-electron chi connectivity index (χ1n) is 8.40. The molecule has 8 heteroatoms. The third kappa shape index (κ3) is 3.78. The summed E-state index contributed by atoms with van der Waals surface area (Å²) in [5.41, 5.74) is 0.441. The SMILES string of the molecule is CC(Cc1ccc(Cl)cc1)NC(=O)c1ccc2c(=O)n(C)c(=O)n(C)c2n1. The number of halogens is 1. The first-order valence-corrected chi connectivity index (χ1v) is 8.78. The van der Waals surface area contributed by atoms with Gasteiger partial charge < -0.3 is 5.32 Å². The highest BCUT2D eigenvalue weighted by Gasteiger charge is 2.15. The molecule has 0 saturated carbocycles. The Kier molecular flexibility index (Phi) is 5.14. The van der Waals surface area contributed by atoms with Gasteiger partial charge in [0.1, 0.15) is 11.3 Å². The smallest absolute Gasteiger partial charge is 0.332 e. The summed E-state index contributed by atoms with van der Waals surface area (Å²) in [5, 5.41) is 3.82.